The molecule has 0 bridgehead atoms. The Balaban J connectivity index is 1.33. The molecule has 1 fully saturated rings. The maximum absolute atomic E-state index is 13.5. The molecule has 1 aliphatic heterocycles. The van der Waals surface area contributed by atoms with E-state index in [1.54, 1.807) is 25.1 Å². The first-order chi connectivity index (χ1) is 15.5. The second-order valence-corrected chi connectivity index (χ2v) is 8.48. The Morgan fingerprint density at radius 2 is 1.97 bits per heavy atom. The fourth-order valence-corrected chi connectivity index (χ4v) is 4.30. The van der Waals surface area contributed by atoms with Crippen LogP contribution >= 0.6 is 11.3 Å². The summed E-state index contributed by atoms with van der Waals surface area (Å²) < 4.78 is 38.9. The van der Waals surface area contributed by atoms with E-state index in [-0.39, 0.29) is 6.03 Å². The predicted octanol–water partition coefficient (Wildman–Crippen LogP) is 4.17. The average Bonchev–Trinajstić information content (AvgIpc) is 3.15. The lowest BCUT2D eigenvalue weighted by molar-refractivity contribution is 0.0388. The van der Waals surface area contributed by atoms with Crippen molar-refractivity contribution < 1.29 is 23.0 Å². The highest BCUT2D eigenvalue weighted by atomic mass is 32.1. The Hall–Kier alpha value is -2.82. The van der Waals surface area contributed by atoms with Crippen LogP contribution < -0.4 is 15.4 Å². The smallest absolute Gasteiger partial charge is 0.321 e. The average molecular weight is 463 g/mol. The normalized spacial score (nSPS) is 15.5. The molecule has 0 spiro atoms. The summed E-state index contributed by atoms with van der Waals surface area (Å²) in [6.07, 6.45) is -0.541. The van der Waals surface area contributed by atoms with E-state index in [2.05, 4.69) is 20.5 Å². The van der Waals surface area contributed by atoms with Crippen molar-refractivity contribution in [2.45, 2.75) is 13.0 Å². The topological polar surface area (TPSA) is 75.7 Å². The van der Waals surface area contributed by atoms with Gasteiger partial charge in [-0.05, 0) is 42.8 Å². The van der Waals surface area contributed by atoms with E-state index in [0.29, 0.717) is 23.0 Å². The van der Waals surface area contributed by atoms with Crippen LogP contribution in [0.3, 0.4) is 0 Å². The number of halogens is 2. The number of morpholine rings is 1. The summed E-state index contributed by atoms with van der Waals surface area (Å²) in [5.74, 6) is -0.751. The largest absolute Gasteiger partial charge is 0.486 e. The van der Waals surface area contributed by atoms with Gasteiger partial charge in [0.25, 0.3) is 0 Å². The van der Waals surface area contributed by atoms with Gasteiger partial charge in [0.05, 0.1) is 23.4 Å². The summed E-state index contributed by atoms with van der Waals surface area (Å²) in [7, 11) is 0. The summed E-state index contributed by atoms with van der Waals surface area (Å²) in [6.45, 7) is 6.22. The molecular formula is C22H24F2N4O3S. The number of nitrogens with zero attached hydrogens (tertiary/aromatic N) is 2. The van der Waals surface area contributed by atoms with E-state index in [0.717, 1.165) is 49.1 Å². The standard InChI is InChI=1S/C22H24F2N4O3S/c1-14(15-10-16(23)12-17(24)11-15)31-18-2-3-19-20(13-18)32-22(26-19)27-21(29)25-4-5-28-6-8-30-9-7-28/h2-3,10-14H,4-9H2,1H3,(H2,25,26,27,29). The summed E-state index contributed by atoms with van der Waals surface area (Å²) in [6, 6.07) is 8.32. The van der Waals surface area contributed by atoms with Crippen molar-refractivity contribution in [3.63, 3.8) is 0 Å². The molecule has 1 saturated heterocycles. The molecule has 1 aromatic heterocycles. The third-order valence-electron chi connectivity index (χ3n) is 5.06. The number of carbonyl (C=O) groups excluding carboxylic acids is 1. The number of hydrogen-bond acceptors (Lipinski definition) is 6. The monoisotopic (exact) mass is 462 g/mol. The molecule has 4 rings (SSSR count). The highest BCUT2D eigenvalue weighted by Crippen LogP contribution is 2.31. The molecule has 0 saturated carbocycles. The number of urea groups is 1. The van der Waals surface area contributed by atoms with E-state index in [1.807, 2.05) is 0 Å². The molecule has 1 unspecified atom stereocenters. The fourth-order valence-electron chi connectivity index (χ4n) is 3.41. The molecule has 0 aliphatic carbocycles. The molecule has 2 amide bonds. The van der Waals surface area contributed by atoms with Crippen LogP contribution in [0.5, 0.6) is 5.75 Å². The van der Waals surface area contributed by atoms with Gasteiger partial charge in [0.2, 0.25) is 0 Å². The van der Waals surface area contributed by atoms with E-state index in [9.17, 15) is 13.6 Å². The molecule has 2 heterocycles. The number of benzene rings is 2. The Bertz CT molecular complexity index is 1070. The molecule has 32 heavy (non-hydrogen) atoms. The van der Waals surface area contributed by atoms with Crippen molar-refractivity contribution in [3.8, 4) is 5.75 Å². The molecule has 0 radical (unpaired) electrons. The Morgan fingerprint density at radius 3 is 2.72 bits per heavy atom. The van der Waals surface area contributed by atoms with E-state index < -0.39 is 17.7 Å². The lowest BCUT2D eigenvalue weighted by Gasteiger charge is -2.26. The zero-order valence-corrected chi connectivity index (χ0v) is 18.4. The first-order valence-electron chi connectivity index (χ1n) is 10.3. The van der Waals surface area contributed by atoms with Crippen molar-refractivity contribution in [1.29, 1.82) is 0 Å². The van der Waals surface area contributed by atoms with Crippen LogP contribution in [0.4, 0.5) is 18.7 Å². The highest BCUT2D eigenvalue weighted by Gasteiger charge is 2.14. The Labute approximate surface area is 188 Å². The summed E-state index contributed by atoms with van der Waals surface area (Å²) in [5.41, 5.74) is 1.12. The molecule has 7 nitrogen and oxygen atoms in total. The van der Waals surface area contributed by atoms with E-state index >= 15 is 0 Å². The number of anilines is 1. The van der Waals surface area contributed by atoms with Gasteiger partial charge in [0, 0.05) is 32.2 Å². The van der Waals surface area contributed by atoms with Gasteiger partial charge in [-0.1, -0.05) is 11.3 Å². The number of fused-ring (bicyclic) bond motifs is 1. The number of hydrogen-bond donors (Lipinski definition) is 2. The number of nitrogens with one attached hydrogen (secondary N) is 2. The quantitative estimate of drug-likeness (QED) is 0.551. The van der Waals surface area contributed by atoms with Gasteiger partial charge >= 0.3 is 6.03 Å². The van der Waals surface area contributed by atoms with Gasteiger partial charge in [0.1, 0.15) is 23.5 Å². The minimum absolute atomic E-state index is 0.310. The van der Waals surface area contributed by atoms with Gasteiger partial charge in [0.15, 0.2) is 5.13 Å². The van der Waals surface area contributed by atoms with Crippen LogP contribution in [0.2, 0.25) is 0 Å². The third-order valence-corrected chi connectivity index (χ3v) is 6.00. The maximum atomic E-state index is 13.5. The molecule has 170 valence electrons. The second-order valence-electron chi connectivity index (χ2n) is 7.45. The summed E-state index contributed by atoms with van der Waals surface area (Å²) in [4.78, 5) is 18.8. The molecule has 1 aliphatic rings. The lowest BCUT2D eigenvalue weighted by Crippen LogP contribution is -2.42. The van der Waals surface area contributed by atoms with Gasteiger partial charge in [-0.3, -0.25) is 10.2 Å². The SMILES string of the molecule is CC(Oc1ccc2nc(NC(=O)NCCN3CCOCC3)sc2c1)c1cc(F)cc(F)c1. The minimum Gasteiger partial charge on any atom is -0.486 e. The first-order valence-corrected chi connectivity index (χ1v) is 11.2. The number of amides is 2. The maximum Gasteiger partial charge on any atom is 0.321 e. The van der Waals surface area contributed by atoms with E-state index in [1.165, 1.54) is 23.5 Å². The van der Waals surface area contributed by atoms with Crippen LogP contribution in [0, 0.1) is 11.6 Å². The lowest BCUT2D eigenvalue weighted by atomic mass is 10.1. The number of carbonyl (C=O) groups is 1. The first kappa shape index (κ1) is 22.4. The zero-order chi connectivity index (χ0) is 22.5. The van der Waals surface area contributed by atoms with E-state index in [4.69, 9.17) is 9.47 Å². The van der Waals surface area contributed by atoms with Crippen LogP contribution in [-0.2, 0) is 4.74 Å². The Kier molecular flexibility index (Phi) is 7.13. The molecule has 10 heteroatoms. The minimum atomic E-state index is -0.646. The van der Waals surface area contributed by atoms with Crippen molar-refractivity contribution in [2.24, 2.45) is 0 Å². The molecule has 3 aromatic rings. The number of ether oxygens (including phenoxy) is 2. The van der Waals surface area contributed by atoms with Crippen molar-refractivity contribution >= 4 is 32.7 Å². The summed E-state index contributed by atoms with van der Waals surface area (Å²) >= 11 is 1.32. The highest BCUT2D eigenvalue weighted by molar-refractivity contribution is 7.22. The zero-order valence-electron chi connectivity index (χ0n) is 17.6. The third kappa shape index (κ3) is 5.90. The van der Waals surface area contributed by atoms with Crippen LogP contribution in [0.1, 0.15) is 18.6 Å². The fraction of sp³-hybridized carbons (Fsp3) is 0.364. The number of aromatic nitrogens is 1. The van der Waals surface area contributed by atoms with Crippen molar-refractivity contribution in [2.75, 3.05) is 44.7 Å². The second kappa shape index (κ2) is 10.2. The molecule has 2 aromatic carbocycles. The summed E-state index contributed by atoms with van der Waals surface area (Å²) in [5, 5.41) is 6.07. The predicted molar refractivity (Wildman–Crippen MR) is 119 cm³/mol. The Morgan fingerprint density at radius 1 is 1.22 bits per heavy atom. The number of thiazole rings is 1. The van der Waals surface area contributed by atoms with Crippen LogP contribution in [-0.4, -0.2) is 55.3 Å². The van der Waals surface area contributed by atoms with Crippen LogP contribution in [0.25, 0.3) is 10.2 Å². The molecule has 1 atom stereocenters. The van der Waals surface area contributed by atoms with Gasteiger partial charge in [-0.25, -0.2) is 18.6 Å². The number of rotatable bonds is 7. The molecule has 2 N–H and O–H groups in total. The molecular weight excluding hydrogens is 438 g/mol. The van der Waals surface area contributed by atoms with Gasteiger partial charge < -0.3 is 14.8 Å². The van der Waals surface area contributed by atoms with Gasteiger partial charge in [-0.15, -0.1) is 0 Å². The van der Waals surface area contributed by atoms with Gasteiger partial charge in [-0.2, -0.15) is 0 Å². The van der Waals surface area contributed by atoms with Crippen molar-refractivity contribution in [3.05, 3.63) is 53.6 Å². The van der Waals surface area contributed by atoms with Crippen molar-refractivity contribution in [1.82, 2.24) is 15.2 Å². The van der Waals surface area contributed by atoms with Crippen LogP contribution in [0.15, 0.2) is 36.4 Å².